The SMILES string of the molecule is CS(=O)(=O)N1CCC(CNC(=O)C(=O)Nc2ccccc2F)CC1. The summed E-state index contributed by atoms with van der Waals surface area (Å²) in [4.78, 5) is 23.5. The molecule has 2 N–H and O–H groups in total. The molecule has 24 heavy (non-hydrogen) atoms. The number of carbonyl (C=O) groups is 2. The number of hydrogen-bond donors (Lipinski definition) is 2. The van der Waals surface area contributed by atoms with Gasteiger partial charge in [-0.3, -0.25) is 9.59 Å². The lowest BCUT2D eigenvalue weighted by atomic mass is 9.98. The first kappa shape index (κ1) is 18.3. The van der Waals surface area contributed by atoms with Gasteiger partial charge in [0.25, 0.3) is 0 Å². The van der Waals surface area contributed by atoms with Crippen molar-refractivity contribution in [1.29, 1.82) is 0 Å². The van der Waals surface area contributed by atoms with Gasteiger partial charge in [-0.25, -0.2) is 17.1 Å². The number of carbonyl (C=O) groups excluding carboxylic acids is 2. The van der Waals surface area contributed by atoms with Crippen LogP contribution in [0.15, 0.2) is 24.3 Å². The summed E-state index contributed by atoms with van der Waals surface area (Å²) in [5, 5.41) is 4.72. The Morgan fingerprint density at radius 2 is 1.83 bits per heavy atom. The monoisotopic (exact) mass is 357 g/mol. The first-order chi connectivity index (χ1) is 11.3. The molecule has 1 heterocycles. The number of benzene rings is 1. The van der Waals surface area contributed by atoms with E-state index in [1.54, 1.807) is 6.07 Å². The van der Waals surface area contributed by atoms with Crippen molar-refractivity contribution in [3.05, 3.63) is 30.1 Å². The van der Waals surface area contributed by atoms with E-state index in [1.807, 2.05) is 0 Å². The van der Waals surface area contributed by atoms with Crippen molar-refractivity contribution >= 4 is 27.5 Å². The highest BCUT2D eigenvalue weighted by molar-refractivity contribution is 7.88. The second-order valence-electron chi connectivity index (χ2n) is 5.75. The standard InChI is InChI=1S/C15H20FN3O4S/c1-24(22,23)19-8-6-11(7-9-19)10-17-14(20)15(21)18-13-5-3-2-4-12(13)16/h2-5,11H,6-10H2,1H3,(H,17,20)(H,18,21). The van der Waals surface area contributed by atoms with Crippen molar-refractivity contribution in [1.82, 2.24) is 9.62 Å². The number of anilines is 1. The van der Waals surface area contributed by atoms with Gasteiger partial charge in [0, 0.05) is 19.6 Å². The summed E-state index contributed by atoms with van der Waals surface area (Å²) in [7, 11) is -3.19. The average molecular weight is 357 g/mol. The average Bonchev–Trinajstić information content (AvgIpc) is 2.54. The summed E-state index contributed by atoms with van der Waals surface area (Å²) in [6.07, 6.45) is 2.40. The van der Waals surface area contributed by atoms with Crippen LogP contribution < -0.4 is 10.6 Å². The quantitative estimate of drug-likeness (QED) is 0.770. The Morgan fingerprint density at radius 3 is 2.42 bits per heavy atom. The minimum atomic E-state index is -3.19. The van der Waals surface area contributed by atoms with Gasteiger partial charge in [0.2, 0.25) is 10.0 Å². The van der Waals surface area contributed by atoms with Crippen molar-refractivity contribution in [2.45, 2.75) is 12.8 Å². The zero-order valence-corrected chi connectivity index (χ0v) is 14.1. The van der Waals surface area contributed by atoms with Gasteiger partial charge in [0.15, 0.2) is 0 Å². The van der Waals surface area contributed by atoms with Crippen LogP contribution in [0.5, 0.6) is 0 Å². The molecule has 7 nitrogen and oxygen atoms in total. The number of sulfonamides is 1. The molecule has 2 rings (SSSR count). The molecular weight excluding hydrogens is 337 g/mol. The molecule has 1 saturated heterocycles. The fraction of sp³-hybridized carbons (Fsp3) is 0.467. The van der Waals surface area contributed by atoms with Crippen LogP contribution in [0, 0.1) is 11.7 Å². The maximum atomic E-state index is 13.4. The van der Waals surface area contributed by atoms with E-state index in [9.17, 15) is 22.4 Å². The third-order valence-corrected chi connectivity index (χ3v) is 5.23. The summed E-state index contributed by atoms with van der Waals surface area (Å²) < 4.78 is 37.7. The van der Waals surface area contributed by atoms with Gasteiger partial charge in [-0.1, -0.05) is 12.1 Å². The van der Waals surface area contributed by atoms with Gasteiger partial charge in [0.05, 0.1) is 11.9 Å². The summed E-state index contributed by atoms with van der Waals surface area (Å²) in [5.74, 6) is -2.29. The van der Waals surface area contributed by atoms with Crippen LogP contribution in [0.25, 0.3) is 0 Å². The predicted molar refractivity (Wildman–Crippen MR) is 87.2 cm³/mol. The maximum absolute atomic E-state index is 13.4. The summed E-state index contributed by atoms with van der Waals surface area (Å²) in [6, 6.07) is 5.57. The fourth-order valence-corrected chi connectivity index (χ4v) is 3.38. The van der Waals surface area contributed by atoms with Gasteiger partial charge in [-0.15, -0.1) is 0 Å². The first-order valence-electron chi connectivity index (χ1n) is 7.56. The largest absolute Gasteiger partial charge is 0.348 e. The predicted octanol–water partition coefficient (Wildman–Crippen LogP) is 0.552. The molecule has 1 aromatic rings. The first-order valence-corrected chi connectivity index (χ1v) is 9.41. The molecule has 0 aliphatic carbocycles. The molecule has 0 atom stereocenters. The highest BCUT2D eigenvalue weighted by atomic mass is 32.2. The Labute approximate surface area is 140 Å². The van der Waals surface area contributed by atoms with Crippen molar-refractivity contribution < 1.29 is 22.4 Å². The molecule has 0 unspecified atom stereocenters. The van der Waals surface area contributed by atoms with E-state index in [-0.39, 0.29) is 18.2 Å². The number of nitrogens with zero attached hydrogens (tertiary/aromatic N) is 1. The number of hydrogen-bond acceptors (Lipinski definition) is 4. The van der Waals surface area contributed by atoms with Crippen LogP contribution in [-0.4, -0.2) is 50.4 Å². The number of halogens is 1. The van der Waals surface area contributed by atoms with Gasteiger partial charge < -0.3 is 10.6 Å². The van der Waals surface area contributed by atoms with E-state index in [4.69, 9.17) is 0 Å². The summed E-state index contributed by atoms with van der Waals surface area (Å²) in [6.45, 7) is 1.09. The Balaban J connectivity index is 1.77. The molecule has 0 spiro atoms. The Kier molecular flexibility index (Phi) is 5.89. The molecule has 1 fully saturated rings. The van der Waals surface area contributed by atoms with E-state index in [0.29, 0.717) is 25.9 Å². The Hall–Kier alpha value is -2.00. The Morgan fingerprint density at radius 1 is 1.21 bits per heavy atom. The van der Waals surface area contributed by atoms with Gasteiger partial charge >= 0.3 is 11.8 Å². The lowest BCUT2D eigenvalue weighted by molar-refractivity contribution is -0.136. The number of rotatable bonds is 4. The Bertz CT molecular complexity index is 715. The molecule has 0 aromatic heterocycles. The van der Waals surface area contributed by atoms with Crippen LogP contribution >= 0.6 is 0 Å². The highest BCUT2D eigenvalue weighted by Gasteiger charge is 2.25. The fourth-order valence-electron chi connectivity index (χ4n) is 2.50. The molecule has 2 amide bonds. The molecular formula is C15H20FN3O4S. The van der Waals surface area contributed by atoms with E-state index >= 15 is 0 Å². The second-order valence-corrected chi connectivity index (χ2v) is 7.73. The lowest BCUT2D eigenvalue weighted by Crippen LogP contribution is -2.43. The minimum absolute atomic E-state index is 0.0564. The van der Waals surface area contributed by atoms with E-state index in [2.05, 4.69) is 10.6 Å². The number of amides is 2. The van der Waals surface area contributed by atoms with Crippen LogP contribution in [0.2, 0.25) is 0 Å². The minimum Gasteiger partial charge on any atom is -0.348 e. The number of para-hydroxylation sites is 1. The zero-order valence-electron chi connectivity index (χ0n) is 13.3. The number of nitrogens with one attached hydrogen (secondary N) is 2. The zero-order chi connectivity index (χ0) is 17.7. The van der Waals surface area contributed by atoms with Crippen LogP contribution in [-0.2, 0) is 19.6 Å². The van der Waals surface area contributed by atoms with E-state index < -0.39 is 27.7 Å². The van der Waals surface area contributed by atoms with Crippen LogP contribution in [0.1, 0.15) is 12.8 Å². The van der Waals surface area contributed by atoms with E-state index in [0.717, 1.165) is 0 Å². The van der Waals surface area contributed by atoms with Crippen molar-refractivity contribution in [2.75, 3.05) is 31.2 Å². The third kappa shape index (κ3) is 5.00. The number of piperidine rings is 1. The topological polar surface area (TPSA) is 95.6 Å². The highest BCUT2D eigenvalue weighted by Crippen LogP contribution is 2.18. The lowest BCUT2D eigenvalue weighted by Gasteiger charge is -2.30. The van der Waals surface area contributed by atoms with E-state index in [1.165, 1.54) is 28.8 Å². The molecule has 1 aromatic carbocycles. The maximum Gasteiger partial charge on any atom is 0.313 e. The molecule has 0 radical (unpaired) electrons. The van der Waals surface area contributed by atoms with Gasteiger partial charge in [-0.2, -0.15) is 0 Å². The van der Waals surface area contributed by atoms with Crippen LogP contribution in [0.3, 0.4) is 0 Å². The van der Waals surface area contributed by atoms with Gasteiger partial charge in [-0.05, 0) is 30.9 Å². The normalized spacial score (nSPS) is 16.6. The molecule has 0 saturated carbocycles. The van der Waals surface area contributed by atoms with Crippen molar-refractivity contribution in [2.24, 2.45) is 5.92 Å². The molecule has 0 bridgehead atoms. The summed E-state index contributed by atoms with van der Waals surface area (Å²) in [5.41, 5.74) is -0.0564. The van der Waals surface area contributed by atoms with Crippen molar-refractivity contribution in [3.63, 3.8) is 0 Å². The van der Waals surface area contributed by atoms with Crippen LogP contribution in [0.4, 0.5) is 10.1 Å². The molecule has 132 valence electrons. The third-order valence-electron chi connectivity index (χ3n) is 3.92. The van der Waals surface area contributed by atoms with Crippen molar-refractivity contribution in [3.8, 4) is 0 Å². The van der Waals surface area contributed by atoms with Gasteiger partial charge in [0.1, 0.15) is 5.82 Å². The summed E-state index contributed by atoms with van der Waals surface area (Å²) >= 11 is 0. The smallest absolute Gasteiger partial charge is 0.313 e. The molecule has 1 aliphatic rings. The molecule has 9 heteroatoms. The molecule has 1 aliphatic heterocycles. The second kappa shape index (κ2) is 7.71.